The molecule has 1 saturated carbocycles. The monoisotopic (exact) mass is 556 g/mol. The van der Waals surface area contributed by atoms with Crippen molar-refractivity contribution >= 4 is 23.9 Å². The van der Waals surface area contributed by atoms with E-state index in [-0.39, 0.29) is 47.9 Å². The van der Waals surface area contributed by atoms with Crippen LogP contribution in [0.1, 0.15) is 83.1 Å². The Morgan fingerprint density at radius 3 is 2.23 bits per heavy atom. The summed E-state index contributed by atoms with van der Waals surface area (Å²) in [4.78, 5) is 48.7. The number of carbonyl (C=O) groups excluding carboxylic acids is 3. The lowest BCUT2D eigenvalue weighted by Crippen LogP contribution is -2.44. The van der Waals surface area contributed by atoms with Crippen LogP contribution in [0.25, 0.3) is 11.3 Å². The molecule has 2 unspecified atom stereocenters. The van der Waals surface area contributed by atoms with Crippen LogP contribution in [0, 0.1) is 5.82 Å². The van der Waals surface area contributed by atoms with Crippen molar-refractivity contribution in [2.75, 3.05) is 11.6 Å². The second-order valence-corrected chi connectivity index (χ2v) is 12.7. The third-order valence-electron chi connectivity index (χ3n) is 7.28. The Kier molecular flexibility index (Phi) is 6.78. The number of ether oxygens (including phenoxy) is 2. The molecule has 0 radical (unpaired) electrons. The normalized spacial score (nSPS) is 21.0. The molecule has 5 rings (SSSR count). The standard InChI is InChI=1S/C28H37FN6O5/c1-27(2,3)39-25(37)33-14-17-20(24(33)36)22(16-12-30-32(7)13-16)31-23(21(17)29)34-15-35(26(38)40-28(4,5)6)19-11-9-8-10-18(19)34/h12-13,18-19H,8-11,14-15H2,1-7H3. The van der Waals surface area contributed by atoms with Gasteiger partial charge in [0.2, 0.25) is 0 Å². The third-order valence-corrected chi connectivity index (χ3v) is 7.28. The van der Waals surface area contributed by atoms with E-state index in [0.29, 0.717) is 5.56 Å². The fourth-order valence-corrected chi connectivity index (χ4v) is 5.68. The van der Waals surface area contributed by atoms with Gasteiger partial charge in [0.15, 0.2) is 11.6 Å². The molecule has 0 bridgehead atoms. The van der Waals surface area contributed by atoms with E-state index in [2.05, 4.69) is 5.10 Å². The number of anilines is 1. The minimum absolute atomic E-state index is 0.0171. The van der Waals surface area contributed by atoms with E-state index >= 15 is 4.39 Å². The number of pyridine rings is 1. The molecule has 0 aromatic carbocycles. The van der Waals surface area contributed by atoms with Gasteiger partial charge in [-0.2, -0.15) is 5.10 Å². The number of nitrogens with zero attached hydrogens (tertiary/aromatic N) is 6. The number of hydrogen-bond acceptors (Lipinski definition) is 8. The Balaban J connectivity index is 1.59. The lowest BCUT2D eigenvalue weighted by Gasteiger charge is -2.33. The Bertz CT molecular complexity index is 1360. The van der Waals surface area contributed by atoms with Crippen LogP contribution in [-0.4, -0.2) is 72.6 Å². The average molecular weight is 557 g/mol. The number of aryl methyl sites for hydroxylation is 1. The predicted molar refractivity (Wildman–Crippen MR) is 144 cm³/mol. The quantitative estimate of drug-likeness (QED) is 0.517. The number of aromatic nitrogens is 3. The molecule has 2 atom stereocenters. The fourth-order valence-electron chi connectivity index (χ4n) is 5.68. The Morgan fingerprint density at radius 1 is 1.00 bits per heavy atom. The van der Waals surface area contributed by atoms with Gasteiger partial charge in [0.25, 0.3) is 5.91 Å². The van der Waals surface area contributed by atoms with Crippen molar-refractivity contribution < 1.29 is 28.2 Å². The van der Waals surface area contributed by atoms with Gasteiger partial charge in [-0.15, -0.1) is 0 Å². The van der Waals surface area contributed by atoms with Crippen molar-refractivity contribution in [2.45, 2.75) is 97.1 Å². The predicted octanol–water partition coefficient (Wildman–Crippen LogP) is 4.84. The summed E-state index contributed by atoms with van der Waals surface area (Å²) in [7, 11) is 1.73. The van der Waals surface area contributed by atoms with Gasteiger partial charge >= 0.3 is 12.2 Å². The Hall–Kier alpha value is -3.70. The van der Waals surface area contributed by atoms with Gasteiger partial charge in [-0.3, -0.25) is 14.4 Å². The summed E-state index contributed by atoms with van der Waals surface area (Å²) in [5, 5.41) is 4.21. The highest BCUT2D eigenvalue weighted by atomic mass is 19.1. The maximum Gasteiger partial charge on any atom is 0.417 e. The first-order chi connectivity index (χ1) is 18.6. The van der Waals surface area contributed by atoms with Crippen LogP contribution in [0.15, 0.2) is 12.4 Å². The molecular formula is C28H37FN6O5. The molecule has 1 saturated heterocycles. The molecule has 3 aliphatic rings. The molecule has 2 fully saturated rings. The highest BCUT2D eigenvalue weighted by molar-refractivity contribution is 6.10. The maximum atomic E-state index is 16.4. The van der Waals surface area contributed by atoms with E-state index in [1.165, 1.54) is 0 Å². The first-order valence-electron chi connectivity index (χ1n) is 13.7. The first-order valence-corrected chi connectivity index (χ1v) is 13.7. The van der Waals surface area contributed by atoms with Gasteiger partial charge in [-0.1, -0.05) is 12.8 Å². The van der Waals surface area contributed by atoms with Crippen molar-refractivity contribution in [3.05, 3.63) is 29.3 Å². The summed E-state index contributed by atoms with van der Waals surface area (Å²) in [6, 6.07) is -0.318. The van der Waals surface area contributed by atoms with Crippen LogP contribution in [0.3, 0.4) is 0 Å². The number of rotatable bonds is 2. The average Bonchev–Trinajstić information content (AvgIpc) is 3.53. The lowest BCUT2D eigenvalue weighted by molar-refractivity contribution is 0.0197. The number of halogens is 1. The summed E-state index contributed by atoms with van der Waals surface area (Å²) in [5.41, 5.74) is -0.672. The second kappa shape index (κ2) is 9.74. The molecule has 2 aliphatic heterocycles. The summed E-state index contributed by atoms with van der Waals surface area (Å²) in [5.74, 6) is -1.31. The van der Waals surface area contributed by atoms with Crippen LogP contribution in [0.5, 0.6) is 0 Å². The minimum atomic E-state index is -0.851. The highest BCUT2D eigenvalue weighted by Crippen LogP contribution is 2.42. The Labute approximate surface area is 233 Å². The zero-order chi connectivity index (χ0) is 29.1. The summed E-state index contributed by atoms with van der Waals surface area (Å²) < 4.78 is 29.1. The molecule has 3 amide bonds. The van der Waals surface area contributed by atoms with Crippen LogP contribution in [0.4, 0.5) is 19.8 Å². The second-order valence-electron chi connectivity index (χ2n) is 12.7. The van der Waals surface area contributed by atoms with Crippen LogP contribution < -0.4 is 4.90 Å². The van der Waals surface area contributed by atoms with E-state index < -0.39 is 35.1 Å². The fraction of sp³-hybridized carbons (Fsp3) is 0.607. The third kappa shape index (κ3) is 5.11. The molecule has 4 heterocycles. The van der Waals surface area contributed by atoms with E-state index in [4.69, 9.17) is 14.5 Å². The molecule has 2 aromatic rings. The number of imide groups is 1. The van der Waals surface area contributed by atoms with Crippen LogP contribution in [-0.2, 0) is 23.1 Å². The number of hydrogen-bond donors (Lipinski definition) is 0. The van der Waals surface area contributed by atoms with Gasteiger partial charge in [-0.05, 0) is 54.4 Å². The topological polar surface area (TPSA) is 110 Å². The molecule has 0 spiro atoms. The zero-order valence-electron chi connectivity index (χ0n) is 24.2. The van der Waals surface area contributed by atoms with Gasteiger partial charge < -0.3 is 14.4 Å². The zero-order valence-corrected chi connectivity index (χ0v) is 24.2. The van der Waals surface area contributed by atoms with Crippen molar-refractivity contribution in [1.29, 1.82) is 0 Å². The minimum Gasteiger partial charge on any atom is -0.444 e. The van der Waals surface area contributed by atoms with Crippen molar-refractivity contribution in [3.8, 4) is 11.3 Å². The first kappa shape index (κ1) is 27.9. The van der Waals surface area contributed by atoms with Crippen molar-refractivity contribution in [3.63, 3.8) is 0 Å². The van der Waals surface area contributed by atoms with Crippen LogP contribution >= 0.6 is 0 Å². The molecular weight excluding hydrogens is 519 g/mol. The molecule has 1 aliphatic carbocycles. The molecule has 0 N–H and O–H groups in total. The highest BCUT2D eigenvalue weighted by Gasteiger charge is 2.48. The molecule has 216 valence electrons. The number of fused-ring (bicyclic) bond motifs is 2. The number of carbonyl (C=O) groups is 3. The van der Waals surface area contributed by atoms with E-state index in [1.54, 1.807) is 49.8 Å². The van der Waals surface area contributed by atoms with Gasteiger partial charge in [0.1, 0.15) is 11.2 Å². The Morgan fingerprint density at radius 2 is 1.62 bits per heavy atom. The number of amides is 3. The van der Waals surface area contributed by atoms with Gasteiger partial charge in [0.05, 0.1) is 42.8 Å². The molecule has 11 nitrogen and oxygen atoms in total. The molecule has 40 heavy (non-hydrogen) atoms. The van der Waals surface area contributed by atoms with E-state index in [9.17, 15) is 14.4 Å². The van der Waals surface area contributed by atoms with Crippen molar-refractivity contribution in [2.24, 2.45) is 7.05 Å². The van der Waals surface area contributed by atoms with Crippen molar-refractivity contribution in [1.82, 2.24) is 24.6 Å². The SMILES string of the molecule is Cn1cc(-c2nc(N3CN(C(=O)OC(C)(C)C)C4CCCCC43)c(F)c3c2C(=O)N(C(=O)OC(C)(C)C)C3)cn1. The van der Waals surface area contributed by atoms with Gasteiger partial charge in [0, 0.05) is 24.4 Å². The van der Waals surface area contributed by atoms with E-state index in [1.807, 2.05) is 25.7 Å². The summed E-state index contributed by atoms with van der Waals surface area (Å²) >= 11 is 0. The lowest BCUT2D eigenvalue weighted by atomic mass is 9.90. The van der Waals surface area contributed by atoms with Crippen LogP contribution in [0.2, 0.25) is 0 Å². The molecule has 2 aromatic heterocycles. The summed E-state index contributed by atoms with van der Waals surface area (Å²) in [6.07, 6.45) is 5.35. The van der Waals surface area contributed by atoms with E-state index in [0.717, 1.165) is 30.6 Å². The smallest absolute Gasteiger partial charge is 0.417 e. The van der Waals surface area contributed by atoms with Gasteiger partial charge in [-0.25, -0.2) is 23.9 Å². The maximum absolute atomic E-state index is 16.4. The molecule has 12 heteroatoms. The summed E-state index contributed by atoms with van der Waals surface area (Å²) in [6.45, 7) is 10.3. The largest absolute Gasteiger partial charge is 0.444 e.